The van der Waals surface area contributed by atoms with E-state index in [4.69, 9.17) is 0 Å². The number of rotatable bonds is 16. The molecule has 26 heavy (non-hydrogen) atoms. The predicted molar refractivity (Wildman–Crippen MR) is 114 cm³/mol. The van der Waals surface area contributed by atoms with Crippen LogP contribution in [0.5, 0.6) is 0 Å². The molecule has 152 valence electrons. The van der Waals surface area contributed by atoms with Crippen molar-refractivity contribution in [2.45, 2.75) is 110 Å². The average molecular weight is 366 g/mol. The van der Waals surface area contributed by atoms with Crippen LogP contribution in [0.1, 0.15) is 104 Å². The number of aliphatic hydroxyl groups excluding tert-OH is 1. The molecule has 3 nitrogen and oxygen atoms in total. The molecule has 1 N–H and O–H groups in total. The molecule has 0 bridgehead atoms. The Bertz CT molecular complexity index is 403. The summed E-state index contributed by atoms with van der Waals surface area (Å²) in [7, 11) is 0. The van der Waals surface area contributed by atoms with Gasteiger partial charge in [0, 0.05) is 13.3 Å². The quantitative estimate of drug-likeness (QED) is 0.196. The van der Waals surface area contributed by atoms with Crippen molar-refractivity contribution in [2.75, 3.05) is 19.6 Å². The van der Waals surface area contributed by atoms with Gasteiger partial charge in [-0.2, -0.15) is 0 Å². The number of likely N-dealkylation sites (N-methyl/N-ethyl adjacent to an activating group) is 1. The molecule has 0 saturated heterocycles. The van der Waals surface area contributed by atoms with Gasteiger partial charge in [-0.05, 0) is 32.6 Å². The Kier molecular flexibility index (Phi) is 12.9. The van der Waals surface area contributed by atoms with Crippen LogP contribution in [0, 0.1) is 0 Å². The number of nitrogens with zero attached hydrogens (tertiary/aromatic N) is 2. The number of aliphatic hydroxyl groups is 1. The van der Waals surface area contributed by atoms with Gasteiger partial charge in [-0.1, -0.05) is 70.4 Å². The first kappa shape index (κ1) is 23.4. The van der Waals surface area contributed by atoms with Crippen LogP contribution in [0.3, 0.4) is 0 Å². The molecule has 2 unspecified atom stereocenters. The van der Waals surface area contributed by atoms with E-state index in [2.05, 4.69) is 31.0 Å². The smallest absolute Gasteiger partial charge is 0.200 e. The second-order valence-corrected chi connectivity index (χ2v) is 7.98. The largest absolute Gasteiger partial charge is 0.345 e. The Labute approximate surface area is 163 Å². The van der Waals surface area contributed by atoms with Gasteiger partial charge in [0.25, 0.3) is 0 Å². The van der Waals surface area contributed by atoms with E-state index in [9.17, 15) is 5.11 Å². The third-order valence-corrected chi connectivity index (χ3v) is 6.00. The summed E-state index contributed by atoms with van der Waals surface area (Å²) in [5.74, 6) is 1.22. The third-order valence-electron chi connectivity index (χ3n) is 6.00. The van der Waals surface area contributed by atoms with Gasteiger partial charge in [0.05, 0.1) is 13.1 Å². The van der Waals surface area contributed by atoms with Crippen molar-refractivity contribution in [2.24, 2.45) is 4.99 Å². The highest BCUT2D eigenvalue weighted by atomic mass is 16.3. The fraction of sp³-hybridized carbons (Fsp3) is 0.870. The molecule has 3 heteroatoms. The Morgan fingerprint density at radius 2 is 1.50 bits per heavy atom. The maximum atomic E-state index is 10.2. The fourth-order valence-corrected chi connectivity index (χ4v) is 4.12. The molecular weight excluding hydrogens is 320 g/mol. The monoisotopic (exact) mass is 365 g/mol. The van der Waals surface area contributed by atoms with E-state index in [0.29, 0.717) is 4.48 Å². The first-order valence-electron chi connectivity index (χ1n) is 11.4. The molecule has 0 amide bonds. The summed E-state index contributed by atoms with van der Waals surface area (Å²) < 4.78 is 0.697. The molecule has 0 saturated carbocycles. The topological polar surface area (TPSA) is 32.6 Å². The highest BCUT2D eigenvalue weighted by Gasteiger charge is 2.40. The number of aliphatic imine (C=N–C) groups is 1. The number of hydrogen-bond donors (Lipinski definition) is 1. The number of quaternary nitrogens is 1. The van der Waals surface area contributed by atoms with Crippen molar-refractivity contribution >= 4 is 5.84 Å². The molecule has 0 radical (unpaired) electrons. The van der Waals surface area contributed by atoms with Crippen molar-refractivity contribution < 1.29 is 9.59 Å². The zero-order valence-corrected chi connectivity index (χ0v) is 17.9. The van der Waals surface area contributed by atoms with Crippen molar-refractivity contribution in [3.8, 4) is 0 Å². The lowest BCUT2D eigenvalue weighted by atomic mass is 10.1. The standard InChI is InChI=1S/C23H45N2O/c1-4-6-7-8-9-10-11-12-13-14-15-16-17-18-19-23-24-20-21-25(23,5-2)22(3)26/h15-16,22,26H,4-14,17-21H2,1-3H3/q+1/b16-15+. The van der Waals surface area contributed by atoms with E-state index in [1.807, 2.05) is 6.92 Å². The van der Waals surface area contributed by atoms with Gasteiger partial charge >= 0.3 is 0 Å². The van der Waals surface area contributed by atoms with Gasteiger partial charge in [-0.3, -0.25) is 4.48 Å². The van der Waals surface area contributed by atoms with Crippen LogP contribution in [0.15, 0.2) is 17.1 Å². The SMILES string of the molecule is CCCCCCCCCCC/C=C/CCCC1=NCC[N+]1(CC)C(C)O. The zero-order chi connectivity index (χ0) is 19.1. The Hall–Kier alpha value is -0.670. The molecule has 0 aromatic rings. The molecule has 1 aliphatic rings. The van der Waals surface area contributed by atoms with E-state index in [-0.39, 0.29) is 6.23 Å². The van der Waals surface area contributed by atoms with Gasteiger partial charge in [0.15, 0.2) is 6.23 Å². The van der Waals surface area contributed by atoms with Crippen LogP contribution < -0.4 is 0 Å². The van der Waals surface area contributed by atoms with E-state index in [0.717, 1.165) is 38.9 Å². The van der Waals surface area contributed by atoms with E-state index in [1.165, 1.54) is 70.0 Å². The summed E-state index contributed by atoms with van der Waals surface area (Å²) in [6.07, 6.45) is 21.6. The maximum absolute atomic E-state index is 10.2. The van der Waals surface area contributed by atoms with Gasteiger partial charge in [-0.25, -0.2) is 4.99 Å². The van der Waals surface area contributed by atoms with Gasteiger partial charge in [0.1, 0.15) is 6.54 Å². The Balaban J connectivity index is 2.00. The van der Waals surface area contributed by atoms with Crippen molar-refractivity contribution in [1.82, 2.24) is 0 Å². The molecule has 1 heterocycles. The number of amidine groups is 1. The van der Waals surface area contributed by atoms with Crippen molar-refractivity contribution in [1.29, 1.82) is 0 Å². The maximum Gasteiger partial charge on any atom is 0.200 e. The lowest BCUT2D eigenvalue weighted by Crippen LogP contribution is -2.56. The van der Waals surface area contributed by atoms with Crippen molar-refractivity contribution in [3.05, 3.63) is 12.2 Å². The Morgan fingerprint density at radius 1 is 0.923 bits per heavy atom. The highest BCUT2D eigenvalue weighted by molar-refractivity contribution is 5.76. The minimum absolute atomic E-state index is 0.330. The van der Waals surface area contributed by atoms with E-state index < -0.39 is 0 Å². The highest BCUT2D eigenvalue weighted by Crippen LogP contribution is 2.22. The lowest BCUT2D eigenvalue weighted by molar-refractivity contribution is -0.882. The summed E-state index contributed by atoms with van der Waals surface area (Å²) in [6, 6.07) is 0. The molecule has 0 aliphatic carbocycles. The second kappa shape index (κ2) is 14.4. The van der Waals surface area contributed by atoms with Crippen LogP contribution in [-0.2, 0) is 0 Å². The number of hydrogen-bond acceptors (Lipinski definition) is 2. The number of unbranched alkanes of at least 4 members (excludes halogenated alkanes) is 10. The van der Waals surface area contributed by atoms with Gasteiger partial charge < -0.3 is 5.11 Å². The normalized spacial score (nSPS) is 21.5. The molecule has 0 fully saturated rings. The third kappa shape index (κ3) is 8.35. The van der Waals surface area contributed by atoms with Crippen molar-refractivity contribution in [3.63, 3.8) is 0 Å². The zero-order valence-electron chi connectivity index (χ0n) is 17.9. The molecule has 2 atom stereocenters. The Morgan fingerprint density at radius 3 is 2.08 bits per heavy atom. The average Bonchev–Trinajstić information content (AvgIpc) is 3.06. The van der Waals surface area contributed by atoms with E-state index >= 15 is 0 Å². The molecular formula is C23H45N2O+. The molecule has 1 rings (SSSR count). The van der Waals surface area contributed by atoms with Gasteiger partial charge in [0.2, 0.25) is 5.84 Å². The number of allylic oxidation sites excluding steroid dienone is 2. The summed E-state index contributed by atoms with van der Waals surface area (Å²) in [4.78, 5) is 4.69. The molecule has 0 aromatic heterocycles. The van der Waals surface area contributed by atoms with Gasteiger partial charge in [-0.15, -0.1) is 0 Å². The van der Waals surface area contributed by atoms with E-state index in [1.54, 1.807) is 0 Å². The van der Waals surface area contributed by atoms with Crippen LogP contribution in [0.4, 0.5) is 0 Å². The van der Waals surface area contributed by atoms with Crippen LogP contribution in [0.25, 0.3) is 0 Å². The molecule has 1 aliphatic heterocycles. The summed E-state index contributed by atoms with van der Waals surface area (Å²) in [6.45, 7) is 9.16. The molecule has 0 aromatic carbocycles. The first-order chi connectivity index (χ1) is 12.7. The fourth-order valence-electron chi connectivity index (χ4n) is 4.12. The minimum atomic E-state index is -0.330. The summed E-state index contributed by atoms with van der Waals surface area (Å²) >= 11 is 0. The second-order valence-electron chi connectivity index (χ2n) is 7.98. The minimum Gasteiger partial charge on any atom is -0.345 e. The predicted octanol–water partition coefficient (Wildman–Crippen LogP) is 6.22. The van der Waals surface area contributed by atoms with Crippen LogP contribution >= 0.6 is 0 Å². The first-order valence-corrected chi connectivity index (χ1v) is 11.4. The van der Waals surface area contributed by atoms with Crippen LogP contribution in [0.2, 0.25) is 0 Å². The van der Waals surface area contributed by atoms with Crippen LogP contribution in [-0.4, -0.2) is 41.3 Å². The lowest BCUT2D eigenvalue weighted by Gasteiger charge is -2.36. The molecule has 0 spiro atoms. The summed E-state index contributed by atoms with van der Waals surface area (Å²) in [5.41, 5.74) is 0. The summed E-state index contributed by atoms with van der Waals surface area (Å²) in [5, 5.41) is 10.2.